The molecular weight excluding hydrogens is 300 g/mol. The molecule has 4 rings (SSSR count). The summed E-state index contributed by atoms with van der Waals surface area (Å²) in [4.78, 5) is 14.1. The van der Waals surface area contributed by atoms with Gasteiger partial charge in [0.2, 0.25) is 5.91 Å². The van der Waals surface area contributed by atoms with Crippen molar-refractivity contribution >= 4 is 11.5 Å². The van der Waals surface area contributed by atoms with Crippen molar-refractivity contribution in [1.82, 2.24) is 4.90 Å². The van der Waals surface area contributed by atoms with Crippen LogP contribution in [0.25, 0.3) is 5.57 Å². The van der Waals surface area contributed by atoms with Crippen molar-refractivity contribution < 1.29 is 9.90 Å². The second-order valence-corrected chi connectivity index (χ2v) is 7.08. The molecule has 0 bridgehead atoms. The lowest BCUT2D eigenvalue weighted by atomic mass is 9.73. The fourth-order valence-electron chi connectivity index (χ4n) is 4.22. The van der Waals surface area contributed by atoms with Crippen LogP contribution in [-0.4, -0.2) is 34.6 Å². The van der Waals surface area contributed by atoms with Gasteiger partial charge in [-0.1, -0.05) is 30.3 Å². The molecular formula is C20H22N2O2. The lowest BCUT2D eigenvalue weighted by molar-refractivity contribution is -0.148. The molecule has 1 heterocycles. The molecule has 1 saturated heterocycles. The first-order chi connectivity index (χ1) is 11.8. The van der Waals surface area contributed by atoms with E-state index in [2.05, 4.69) is 24.3 Å². The predicted octanol–water partition coefficient (Wildman–Crippen LogP) is 2.84. The molecule has 0 aromatic heterocycles. The zero-order valence-corrected chi connectivity index (χ0v) is 13.7. The number of benzene rings is 1. The highest BCUT2D eigenvalue weighted by Crippen LogP contribution is 2.46. The van der Waals surface area contributed by atoms with E-state index in [0.717, 1.165) is 31.2 Å². The third-order valence-corrected chi connectivity index (χ3v) is 5.62. The summed E-state index contributed by atoms with van der Waals surface area (Å²) < 4.78 is 0. The summed E-state index contributed by atoms with van der Waals surface area (Å²) in [5.74, 6) is 0.0263. The number of aliphatic hydroxyl groups excluding tert-OH is 1. The normalized spacial score (nSPS) is 28.9. The molecule has 1 saturated carbocycles. The first kappa shape index (κ1) is 15.4. The number of carbonyl (C=O) groups excluding carboxylic acids is 1. The Labute approximate surface area is 142 Å². The van der Waals surface area contributed by atoms with Crippen LogP contribution in [0.1, 0.15) is 49.1 Å². The van der Waals surface area contributed by atoms with Gasteiger partial charge in [-0.25, -0.2) is 0 Å². The number of nitriles is 1. The second kappa shape index (κ2) is 6.07. The molecule has 2 aliphatic carbocycles. The molecule has 1 aromatic carbocycles. The van der Waals surface area contributed by atoms with Gasteiger partial charge in [0.15, 0.2) is 0 Å². The Balaban J connectivity index is 1.68. The maximum absolute atomic E-state index is 12.5. The SMILES string of the molecule is N#C[C@H]1[C@@H](c2ccccc2C2=CCCC2)[C@@H](CO)N1C(=O)C1CC1. The Hall–Kier alpha value is -2.12. The van der Waals surface area contributed by atoms with Crippen LogP contribution in [0.4, 0.5) is 0 Å². The largest absolute Gasteiger partial charge is 0.394 e. The number of nitrogens with zero attached hydrogens (tertiary/aromatic N) is 2. The molecule has 4 nitrogen and oxygen atoms in total. The Morgan fingerprint density at radius 2 is 2.12 bits per heavy atom. The van der Waals surface area contributed by atoms with Gasteiger partial charge < -0.3 is 10.0 Å². The molecule has 4 heteroatoms. The van der Waals surface area contributed by atoms with E-state index in [9.17, 15) is 15.2 Å². The van der Waals surface area contributed by atoms with Crippen molar-refractivity contribution in [2.24, 2.45) is 5.92 Å². The number of aliphatic hydroxyl groups is 1. The van der Waals surface area contributed by atoms with Crippen LogP contribution in [0, 0.1) is 17.2 Å². The van der Waals surface area contributed by atoms with E-state index in [4.69, 9.17) is 0 Å². The number of amides is 1. The number of allylic oxidation sites excluding steroid dienone is 2. The van der Waals surface area contributed by atoms with Gasteiger partial charge in [-0.2, -0.15) is 5.26 Å². The van der Waals surface area contributed by atoms with Gasteiger partial charge >= 0.3 is 0 Å². The third-order valence-electron chi connectivity index (χ3n) is 5.62. The molecule has 1 aliphatic heterocycles. The minimum absolute atomic E-state index is 0.0504. The van der Waals surface area contributed by atoms with Gasteiger partial charge in [-0.3, -0.25) is 4.79 Å². The van der Waals surface area contributed by atoms with E-state index in [1.54, 1.807) is 4.90 Å². The molecule has 0 unspecified atom stereocenters. The van der Waals surface area contributed by atoms with Crippen LogP contribution in [-0.2, 0) is 4.79 Å². The van der Waals surface area contributed by atoms with Crippen LogP contribution < -0.4 is 0 Å². The first-order valence-electron chi connectivity index (χ1n) is 8.87. The quantitative estimate of drug-likeness (QED) is 0.927. The molecule has 24 heavy (non-hydrogen) atoms. The lowest BCUT2D eigenvalue weighted by Crippen LogP contribution is -2.65. The van der Waals surface area contributed by atoms with Crippen molar-refractivity contribution in [3.63, 3.8) is 0 Å². The minimum atomic E-state index is -0.460. The maximum atomic E-state index is 12.5. The Bertz CT molecular complexity index is 729. The van der Waals surface area contributed by atoms with Crippen LogP contribution in [0.3, 0.4) is 0 Å². The molecule has 3 aliphatic rings. The summed E-state index contributed by atoms with van der Waals surface area (Å²) >= 11 is 0. The maximum Gasteiger partial charge on any atom is 0.227 e. The molecule has 2 fully saturated rings. The van der Waals surface area contributed by atoms with Gasteiger partial charge in [0.25, 0.3) is 0 Å². The molecule has 1 aromatic rings. The molecule has 3 atom stereocenters. The fourth-order valence-corrected chi connectivity index (χ4v) is 4.22. The highest BCUT2D eigenvalue weighted by Gasteiger charge is 2.54. The summed E-state index contributed by atoms with van der Waals surface area (Å²) in [5.41, 5.74) is 3.64. The first-order valence-corrected chi connectivity index (χ1v) is 8.87. The van der Waals surface area contributed by atoms with E-state index in [-0.39, 0.29) is 30.4 Å². The predicted molar refractivity (Wildman–Crippen MR) is 90.9 cm³/mol. The Kier molecular flexibility index (Phi) is 3.90. The van der Waals surface area contributed by atoms with Crippen LogP contribution in [0.5, 0.6) is 0 Å². The van der Waals surface area contributed by atoms with Crippen LogP contribution in [0.15, 0.2) is 30.3 Å². The summed E-state index contributed by atoms with van der Waals surface area (Å²) in [5, 5.41) is 19.6. The minimum Gasteiger partial charge on any atom is -0.394 e. The molecule has 124 valence electrons. The standard InChI is InChI=1S/C20H22N2O2/c21-11-17-19(18(12-23)22(17)20(24)14-9-10-14)16-8-4-3-7-15(16)13-5-1-2-6-13/h3-5,7-8,14,17-19,23H,1-2,6,9-10,12H2/t17-,18+,19+/m0/s1. The molecule has 1 amide bonds. The van der Waals surface area contributed by atoms with E-state index >= 15 is 0 Å². The average molecular weight is 322 g/mol. The molecule has 0 radical (unpaired) electrons. The van der Waals surface area contributed by atoms with E-state index in [1.165, 1.54) is 17.6 Å². The topological polar surface area (TPSA) is 64.3 Å². The van der Waals surface area contributed by atoms with Crippen LogP contribution in [0.2, 0.25) is 0 Å². The Morgan fingerprint density at radius 1 is 1.33 bits per heavy atom. The van der Waals surface area contributed by atoms with Gasteiger partial charge in [-0.05, 0) is 48.8 Å². The lowest BCUT2D eigenvalue weighted by Gasteiger charge is -2.52. The molecule has 0 spiro atoms. The van der Waals surface area contributed by atoms with E-state index in [0.29, 0.717) is 0 Å². The van der Waals surface area contributed by atoms with Crippen molar-refractivity contribution in [2.75, 3.05) is 6.61 Å². The smallest absolute Gasteiger partial charge is 0.227 e. The summed E-state index contributed by atoms with van der Waals surface area (Å²) in [6, 6.07) is 9.78. The van der Waals surface area contributed by atoms with Crippen molar-refractivity contribution in [3.8, 4) is 6.07 Å². The van der Waals surface area contributed by atoms with Gasteiger partial charge in [0.1, 0.15) is 6.04 Å². The average Bonchev–Trinajstić information content (AvgIpc) is 3.30. The summed E-state index contributed by atoms with van der Waals surface area (Å²) in [6.07, 6.45) is 7.45. The second-order valence-electron chi connectivity index (χ2n) is 7.08. The summed E-state index contributed by atoms with van der Waals surface area (Å²) in [6.45, 7) is -0.0886. The highest BCUT2D eigenvalue weighted by molar-refractivity contribution is 5.84. The number of hydrogen-bond donors (Lipinski definition) is 1. The van der Waals surface area contributed by atoms with Gasteiger partial charge in [-0.15, -0.1) is 0 Å². The van der Waals surface area contributed by atoms with Crippen molar-refractivity contribution in [3.05, 3.63) is 41.5 Å². The zero-order chi connectivity index (χ0) is 16.7. The third kappa shape index (κ3) is 2.35. The number of likely N-dealkylation sites (tertiary alicyclic amines) is 1. The van der Waals surface area contributed by atoms with Gasteiger partial charge in [0.05, 0.1) is 18.7 Å². The van der Waals surface area contributed by atoms with Crippen molar-refractivity contribution in [1.29, 1.82) is 5.26 Å². The summed E-state index contributed by atoms with van der Waals surface area (Å²) in [7, 11) is 0. The van der Waals surface area contributed by atoms with Crippen molar-refractivity contribution in [2.45, 2.75) is 50.1 Å². The zero-order valence-electron chi connectivity index (χ0n) is 13.7. The fraction of sp³-hybridized carbons (Fsp3) is 0.500. The van der Waals surface area contributed by atoms with Gasteiger partial charge in [0, 0.05) is 11.8 Å². The highest BCUT2D eigenvalue weighted by atomic mass is 16.3. The Morgan fingerprint density at radius 3 is 2.75 bits per heavy atom. The number of carbonyl (C=O) groups is 1. The molecule has 1 N–H and O–H groups in total. The van der Waals surface area contributed by atoms with E-state index in [1.807, 2.05) is 12.1 Å². The van der Waals surface area contributed by atoms with E-state index < -0.39 is 6.04 Å². The van der Waals surface area contributed by atoms with Crippen LogP contribution >= 0.6 is 0 Å². The monoisotopic (exact) mass is 322 g/mol. The number of hydrogen-bond acceptors (Lipinski definition) is 3. The number of rotatable bonds is 4.